The maximum Gasteiger partial charge on any atom is 0.245 e. The molecular formula is C21H27N5O2. The van der Waals surface area contributed by atoms with E-state index in [2.05, 4.69) is 53.3 Å². The van der Waals surface area contributed by atoms with Gasteiger partial charge < -0.3 is 10.6 Å². The van der Waals surface area contributed by atoms with Crippen molar-refractivity contribution in [3.05, 3.63) is 60.2 Å². The van der Waals surface area contributed by atoms with E-state index in [4.69, 9.17) is 0 Å². The molecule has 28 heavy (non-hydrogen) atoms. The average Bonchev–Trinajstić information content (AvgIpc) is 3.19. The van der Waals surface area contributed by atoms with Crippen molar-refractivity contribution < 1.29 is 9.59 Å². The van der Waals surface area contributed by atoms with Gasteiger partial charge in [-0.25, -0.2) is 9.67 Å². The lowest BCUT2D eigenvalue weighted by molar-refractivity contribution is -0.125. The topological polar surface area (TPSA) is 88.9 Å². The number of fused-ring (bicyclic) bond motifs is 1. The lowest BCUT2D eigenvalue weighted by Crippen LogP contribution is -2.41. The first-order valence-electron chi connectivity index (χ1n) is 9.68. The SMILES string of the molecule is C=CC(=O)NC(CNC(=O)C1CCCc2ncnn21)c1ccc(C(C)C)cc1. The van der Waals surface area contributed by atoms with Crippen LogP contribution in [0.25, 0.3) is 0 Å². The predicted molar refractivity (Wildman–Crippen MR) is 107 cm³/mol. The molecule has 148 valence electrons. The van der Waals surface area contributed by atoms with E-state index in [0.29, 0.717) is 12.5 Å². The predicted octanol–water partition coefficient (Wildman–Crippen LogP) is 2.44. The molecule has 0 saturated carbocycles. The Balaban J connectivity index is 1.70. The van der Waals surface area contributed by atoms with E-state index in [9.17, 15) is 9.59 Å². The summed E-state index contributed by atoms with van der Waals surface area (Å²) in [5.74, 6) is 0.886. The van der Waals surface area contributed by atoms with Gasteiger partial charge in [0.15, 0.2) is 0 Å². The van der Waals surface area contributed by atoms with Gasteiger partial charge in [-0.2, -0.15) is 5.10 Å². The molecule has 3 rings (SSSR count). The number of amides is 2. The number of benzene rings is 1. The molecule has 1 aromatic heterocycles. The minimum absolute atomic E-state index is 0.108. The zero-order chi connectivity index (χ0) is 20.1. The smallest absolute Gasteiger partial charge is 0.245 e. The van der Waals surface area contributed by atoms with Gasteiger partial charge in [0, 0.05) is 13.0 Å². The van der Waals surface area contributed by atoms with Crippen LogP contribution in [-0.2, 0) is 16.0 Å². The molecule has 0 bridgehead atoms. The molecule has 2 amide bonds. The second kappa shape index (κ2) is 8.82. The van der Waals surface area contributed by atoms with Crippen LogP contribution in [0.4, 0.5) is 0 Å². The van der Waals surface area contributed by atoms with Gasteiger partial charge in [0.25, 0.3) is 0 Å². The number of carbonyl (C=O) groups excluding carboxylic acids is 2. The Morgan fingerprint density at radius 2 is 2.00 bits per heavy atom. The van der Waals surface area contributed by atoms with Crippen molar-refractivity contribution in [3.63, 3.8) is 0 Å². The molecule has 7 nitrogen and oxygen atoms in total. The summed E-state index contributed by atoms with van der Waals surface area (Å²) in [5.41, 5.74) is 2.16. The molecule has 1 aliphatic rings. The first-order valence-corrected chi connectivity index (χ1v) is 9.68. The van der Waals surface area contributed by atoms with Crippen LogP contribution in [0.5, 0.6) is 0 Å². The molecule has 1 aromatic carbocycles. The maximum atomic E-state index is 12.8. The van der Waals surface area contributed by atoms with Gasteiger partial charge in [-0.15, -0.1) is 0 Å². The molecule has 2 atom stereocenters. The lowest BCUT2D eigenvalue weighted by Gasteiger charge is -2.25. The minimum Gasteiger partial charge on any atom is -0.352 e. The zero-order valence-electron chi connectivity index (χ0n) is 16.4. The Bertz CT molecular complexity index is 841. The normalized spacial score (nSPS) is 16.9. The Labute approximate surface area is 165 Å². The van der Waals surface area contributed by atoms with E-state index in [1.54, 1.807) is 4.68 Å². The van der Waals surface area contributed by atoms with Crippen molar-refractivity contribution in [2.24, 2.45) is 0 Å². The summed E-state index contributed by atoms with van der Waals surface area (Å²) in [6.45, 7) is 8.07. The molecule has 0 saturated heterocycles. The number of hydrogen-bond acceptors (Lipinski definition) is 4. The average molecular weight is 381 g/mol. The highest BCUT2D eigenvalue weighted by Gasteiger charge is 2.28. The summed E-state index contributed by atoms with van der Waals surface area (Å²) in [7, 11) is 0. The number of carbonyl (C=O) groups is 2. The number of nitrogens with one attached hydrogen (secondary N) is 2. The third-order valence-corrected chi connectivity index (χ3v) is 5.11. The third-order valence-electron chi connectivity index (χ3n) is 5.11. The van der Waals surface area contributed by atoms with Gasteiger partial charge >= 0.3 is 0 Å². The summed E-state index contributed by atoms with van der Waals surface area (Å²) in [6.07, 6.45) is 5.20. The zero-order valence-corrected chi connectivity index (χ0v) is 16.4. The number of aryl methyl sites for hydroxylation is 1. The van der Waals surface area contributed by atoms with E-state index in [0.717, 1.165) is 30.7 Å². The quantitative estimate of drug-likeness (QED) is 0.721. The van der Waals surface area contributed by atoms with Crippen LogP contribution in [0.2, 0.25) is 0 Å². The summed E-state index contributed by atoms with van der Waals surface area (Å²) in [4.78, 5) is 28.9. The van der Waals surface area contributed by atoms with Crippen molar-refractivity contribution in [3.8, 4) is 0 Å². The summed E-state index contributed by atoms with van der Waals surface area (Å²) in [6, 6.07) is 7.40. The molecule has 0 aliphatic carbocycles. The Morgan fingerprint density at radius 3 is 2.68 bits per heavy atom. The van der Waals surface area contributed by atoms with E-state index < -0.39 is 0 Å². The standard InChI is InChI=1S/C21H27N5O2/c1-4-20(27)25-17(16-10-8-15(9-11-16)14(2)3)12-22-21(28)18-6-5-7-19-23-13-24-26(18)19/h4,8-11,13-14,17-18H,1,5-7,12H2,2-3H3,(H,22,28)(H,25,27). The van der Waals surface area contributed by atoms with E-state index in [-0.39, 0.29) is 23.9 Å². The second-order valence-corrected chi connectivity index (χ2v) is 7.36. The van der Waals surface area contributed by atoms with Gasteiger partial charge in [-0.3, -0.25) is 9.59 Å². The molecule has 2 heterocycles. The first-order chi connectivity index (χ1) is 13.5. The number of nitrogens with zero attached hydrogens (tertiary/aromatic N) is 3. The molecule has 1 aliphatic heterocycles. The third kappa shape index (κ3) is 4.47. The number of hydrogen-bond donors (Lipinski definition) is 2. The Kier molecular flexibility index (Phi) is 6.23. The molecule has 2 N–H and O–H groups in total. The van der Waals surface area contributed by atoms with Crippen LogP contribution < -0.4 is 10.6 Å². The fraction of sp³-hybridized carbons (Fsp3) is 0.429. The Morgan fingerprint density at radius 1 is 1.29 bits per heavy atom. The van der Waals surface area contributed by atoms with Gasteiger partial charge in [0.1, 0.15) is 18.2 Å². The number of aromatic nitrogens is 3. The molecule has 0 fully saturated rings. The monoisotopic (exact) mass is 381 g/mol. The van der Waals surface area contributed by atoms with Crippen molar-refractivity contribution >= 4 is 11.8 Å². The Hall–Kier alpha value is -2.96. The largest absolute Gasteiger partial charge is 0.352 e. The second-order valence-electron chi connectivity index (χ2n) is 7.36. The molecule has 2 aromatic rings. The van der Waals surface area contributed by atoms with Gasteiger partial charge in [-0.05, 0) is 36.0 Å². The summed E-state index contributed by atoms with van der Waals surface area (Å²) in [5, 5.41) is 10.1. The lowest BCUT2D eigenvalue weighted by atomic mass is 9.98. The highest BCUT2D eigenvalue weighted by molar-refractivity contribution is 5.87. The number of rotatable bonds is 7. The fourth-order valence-corrected chi connectivity index (χ4v) is 3.45. The van der Waals surface area contributed by atoms with Gasteiger partial charge in [0.05, 0.1) is 6.04 Å². The van der Waals surface area contributed by atoms with Crippen molar-refractivity contribution in [1.29, 1.82) is 0 Å². The van der Waals surface area contributed by atoms with E-state index in [1.807, 2.05) is 12.1 Å². The van der Waals surface area contributed by atoms with Crippen LogP contribution in [-0.4, -0.2) is 33.1 Å². The highest BCUT2D eigenvalue weighted by atomic mass is 16.2. The van der Waals surface area contributed by atoms with Crippen molar-refractivity contribution in [2.75, 3.05) is 6.54 Å². The van der Waals surface area contributed by atoms with E-state index >= 15 is 0 Å². The van der Waals surface area contributed by atoms with Gasteiger partial charge in [0.2, 0.25) is 11.8 Å². The minimum atomic E-state index is -0.356. The summed E-state index contributed by atoms with van der Waals surface area (Å²) < 4.78 is 1.70. The van der Waals surface area contributed by atoms with E-state index in [1.165, 1.54) is 18.0 Å². The molecule has 0 radical (unpaired) electrons. The molecule has 2 unspecified atom stereocenters. The fourth-order valence-electron chi connectivity index (χ4n) is 3.45. The van der Waals surface area contributed by atoms with Crippen LogP contribution in [0.3, 0.4) is 0 Å². The molecular weight excluding hydrogens is 354 g/mol. The van der Waals surface area contributed by atoms with Crippen LogP contribution in [0.15, 0.2) is 43.2 Å². The van der Waals surface area contributed by atoms with Crippen molar-refractivity contribution in [1.82, 2.24) is 25.4 Å². The molecule has 0 spiro atoms. The van der Waals surface area contributed by atoms with Crippen LogP contribution >= 0.6 is 0 Å². The highest BCUT2D eigenvalue weighted by Crippen LogP contribution is 2.23. The first kappa shape index (κ1) is 19.8. The van der Waals surface area contributed by atoms with Crippen LogP contribution in [0, 0.1) is 0 Å². The van der Waals surface area contributed by atoms with Gasteiger partial charge in [-0.1, -0.05) is 44.7 Å². The summed E-state index contributed by atoms with van der Waals surface area (Å²) >= 11 is 0. The van der Waals surface area contributed by atoms with Crippen LogP contribution in [0.1, 0.15) is 61.6 Å². The molecule has 7 heteroatoms. The maximum absolute atomic E-state index is 12.8. The van der Waals surface area contributed by atoms with Crippen molar-refractivity contribution in [2.45, 2.75) is 51.1 Å².